The van der Waals surface area contributed by atoms with E-state index in [0.717, 1.165) is 29.1 Å². The predicted octanol–water partition coefficient (Wildman–Crippen LogP) is 5.78. The van der Waals surface area contributed by atoms with E-state index in [-0.39, 0.29) is 0 Å². The molecule has 0 fully saturated rings. The quantitative estimate of drug-likeness (QED) is 0.574. The zero-order valence-corrected chi connectivity index (χ0v) is 21.0. The molecule has 1 aliphatic heterocycles. The SMILES string of the molecule is COc1ccc(N2c3ccccc3CCC2N(NC(=O)OC(C)(C)C)C(=O)OC(C)(C)C)cc1. The number of amides is 2. The number of nitrogens with zero attached hydrogens (tertiary/aromatic N) is 2. The van der Waals surface area contributed by atoms with Crippen LogP contribution >= 0.6 is 0 Å². The largest absolute Gasteiger partial charge is 0.497 e. The lowest BCUT2D eigenvalue weighted by Crippen LogP contribution is -2.60. The number of hydrogen-bond donors (Lipinski definition) is 1. The molecule has 34 heavy (non-hydrogen) atoms. The number of methoxy groups -OCH3 is 1. The number of para-hydroxylation sites is 1. The van der Waals surface area contributed by atoms with Crippen LogP contribution < -0.4 is 15.1 Å². The lowest BCUT2D eigenvalue weighted by Gasteiger charge is -2.44. The van der Waals surface area contributed by atoms with Gasteiger partial charge in [-0.1, -0.05) is 18.2 Å². The zero-order valence-electron chi connectivity index (χ0n) is 21.0. The van der Waals surface area contributed by atoms with Crippen molar-refractivity contribution in [2.24, 2.45) is 0 Å². The second-order valence-electron chi connectivity index (χ2n) is 10.2. The second kappa shape index (κ2) is 9.83. The fourth-order valence-corrected chi connectivity index (χ4v) is 3.78. The van der Waals surface area contributed by atoms with Crippen molar-refractivity contribution in [2.45, 2.75) is 71.8 Å². The average molecular weight is 470 g/mol. The molecule has 1 heterocycles. The Morgan fingerprint density at radius 3 is 2.15 bits per heavy atom. The summed E-state index contributed by atoms with van der Waals surface area (Å²) in [5, 5.41) is 1.24. The van der Waals surface area contributed by atoms with Gasteiger partial charge in [0.25, 0.3) is 0 Å². The number of nitrogens with one attached hydrogen (secondary N) is 1. The highest BCUT2D eigenvalue weighted by Crippen LogP contribution is 2.38. The normalized spacial score (nSPS) is 15.7. The third-order valence-electron chi connectivity index (χ3n) is 5.07. The summed E-state index contributed by atoms with van der Waals surface area (Å²) in [5.74, 6) is 0.724. The van der Waals surface area contributed by atoms with Crippen molar-refractivity contribution in [3.05, 3.63) is 54.1 Å². The first-order valence-corrected chi connectivity index (χ1v) is 11.4. The Labute approximate surface area is 201 Å². The van der Waals surface area contributed by atoms with Crippen molar-refractivity contribution in [1.82, 2.24) is 10.4 Å². The van der Waals surface area contributed by atoms with Gasteiger partial charge in [-0.25, -0.2) is 15.0 Å². The van der Waals surface area contributed by atoms with Crippen LogP contribution in [-0.2, 0) is 15.9 Å². The summed E-state index contributed by atoms with van der Waals surface area (Å²) in [7, 11) is 1.61. The van der Waals surface area contributed by atoms with E-state index in [1.807, 2.05) is 47.4 Å². The maximum absolute atomic E-state index is 13.3. The highest BCUT2D eigenvalue weighted by Gasteiger charge is 2.38. The summed E-state index contributed by atoms with van der Waals surface area (Å²) >= 11 is 0. The van der Waals surface area contributed by atoms with Gasteiger partial charge in [0.15, 0.2) is 0 Å². The number of ether oxygens (including phenoxy) is 3. The number of fused-ring (bicyclic) bond motifs is 1. The topological polar surface area (TPSA) is 80.3 Å². The third-order valence-corrected chi connectivity index (χ3v) is 5.07. The average Bonchev–Trinajstić information content (AvgIpc) is 2.74. The van der Waals surface area contributed by atoms with E-state index in [1.54, 1.807) is 48.7 Å². The van der Waals surface area contributed by atoms with Gasteiger partial charge >= 0.3 is 12.2 Å². The highest BCUT2D eigenvalue weighted by atomic mass is 16.6. The van der Waals surface area contributed by atoms with Crippen LogP contribution in [0, 0.1) is 0 Å². The lowest BCUT2D eigenvalue weighted by molar-refractivity contribution is -0.0102. The van der Waals surface area contributed by atoms with E-state index >= 15 is 0 Å². The molecule has 2 aromatic rings. The molecule has 2 aromatic carbocycles. The van der Waals surface area contributed by atoms with Crippen LogP contribution in [0.25, 0.3) is 0 Å². The molecule has 0 saturated carbocycles. The molecule has 2 amide bonds. The summed E-state index contributed by atoms with van der Waals surface area (Å²) in [5.41, 5.74) is 4.12. The number of anilines is 2. The van der Waals surface area contributed by atoms with Gasteiger partial charge in [-0.2, -0.15) is 5.01 Å². The van der Waals surface area contributed by atoms with E-state index in [4.69, 9.17) is 14.2 Å². The third kappa shape index (κ3) is 6.34. The fourth-order valence-electron chi connectivity index (χ4n) is 3.78. The molecule has 1 N–H and O–H groups in total. The molecule has 8 nitrogen and oxygen atoms in total. The monoisotopic (exact) mass is 469 g/mol. The van der Waals surface area contributed by atoms with Crippen LogP contribution in [0.15, 0.2) is 48.5 Å². The van der Waals surface area contributed by atoms with E-state index in [0.29, 0.717) is 6.42 Å². The number of hydrazine groups is 1. The predicted molar refractivity (Wildman–Crippen MR) is 131 cm³/mol. The number of aryl methyl sites for hydroxylation is 1. The van der Waals surface area contributed by atoms with Crippen molar-refractivity contribution >= 4 is 23.6 Å². The van der Waals surface area contributed by atoms with E-state index in [1.165, 1.54) is 5.01 Å². The van der Waals surface area contributed by atoms with Crippen LogP contribution in [0.2, 0.25) is 0 Å². The van der Waals surface area contributed by atoms with Crippen molar-refractivity contribution in [3.63, 3.8) is 0 Å². The molecule has 0 aromatic heterocycles. The van der Waals surface area contributed by atoms with Crippen molar-refractivity contribution in [2.75, 3.05) is 12.0 Å². The molecule has 0 radical (unpaired) electrons. The molecule has 0 spiro atoms. The Morgan fingerprint density at radius 1 is 0.941 bits per heavy atom. The molecule has 1 unspecified atom stereocenters. The molecule has 0 aliphatic carbocycles. The molecule has 1 atom stereocenters. The summed E-state index contributed by atoms with van der Waals surface area (Å²) < 4.78 is 16.4. The lowest BCUT2D eigenvalue weighted by atomic mass is 9.98. The summed E-state index contributed by atoms with van der Waals surface area (Å²) in [6, 6.07) is 15.6. The Hall–Kier alpha value is -3.42. The molecule has 0 bridgehead atoms. The first-order valence-electron chi connectivity index (χ1n) is 11.4. The standard InChI is InChI=1S/C26H35N3O5/c1-25(2,3)33-23(30)27-29(24(31)34-26(4,5)6)22-17-12-18-10-8-9-11-21(18)28(22)19-13-15-20(32-7)16-14-19/h8-11,13-16,22H,12,17H2,1-7H3,(H,27,30). The van der Waals surface area contributed by atoms with Gasteiger partial charge in [0.2, 0.25) is 0 Å². The maximum Gasteiger partial charge on any atom is 0.431 e. The van der Waals surface area contributed by atoms with Crippen LogP contribution in [0.4, 0.5) is 21.0 Å². The van der Waals surface area contributed by atoms with Crippen LogP contribution in [-0.4, -0.2) is 41.7 Å². The minimum Gasteiger partial charge on any atom is -0.497 e. The summed E-state index contributed by atoms with van der Waals surface area (Å²) in [4.78, 5) is 28.1. The van der Waals surface area contributed by atoms with Gasteiger partial charge in [0.1, 0.15) is 23.1 Å². The zero-order chi connectivity index (χ0) is 25.1. The molecule has 184 valence electrons. The Bertz CT molecular complexity index is 1010. The summed E-state index contributed by atoms with van der Waals surface area (Å²) in [6.07, 6.45) is -0.653. The smallest absolute Gasteiger partial charge is 0.431 e. The number of hydrogen-bond acceptors (Lipinski definition) is 6. The van der Waals surface area contributed by atoms with Gasteiger partial charge in [-0.15, -0.1) is 0 Å². The highest BCUT2D eigenvalue weighted by molar-refractivity contribution is 5.77. The second-order valence-corrected chi connectivity index (χ2v) is 10.2. The molecule has 1 aliphatic rings. The molecule has 8 heteroatoms. The maximum atomic E-state index is 13.3. The summed E-state index contributed by atoms with van der Waals surface area (Å²) in [6.45, 7) is 10.7. The fraction of sp³-hybridized carbons (Fsp3) is 0.462. The Morgan fingerprint density at radius 2 is 1.56 bits per heavy atom. The molecule has 0 saturated heterocycles. The van der Waals surface area contributed by atoms with Gasteiger partial charge in [-0.05, 0) is 90.3 Å². The van der Waals surface area contributed by atoms with Crippen molar-refractivity contribution in [1.29, 1.82) is 0 Å². The number of carbonyl (C=O) groups excluding carboxylic acids is 2. The van der Waals surface area contributed by atoms with E-state index < -0.39 is 29.6 Å². The Balaban J connectivity index is 2.04. The minimum atomic E-state index is -0.748. The first-order chi connectivity index (χ1) is 15.9. The minimum absolute atomic E-state index is 0.550. The molecular weight excluding hydrogens is 434 g/mol. The van der Waals surface area contributed by atoms with E-state index in [9.17, 15) is 9.59 Å². The first kappa shape index (κ1) is 25.2. The number of benzene rings is 2. The number of carbonyl (C=O) groups is 2. The molecular formula is C26H35N3O5. The molecule has 3 rings (SSSR count). The number of rotatable bonds is 3. The Kier molecular flexibility index (Phi) is 7.29. The van der Waals surface area contributed by atoms with Crippen molar-refractivity contribution in [3.8, 4) is 5.75 Å². The van der Waals surface area contributed by atoms with Crippen LogP contribution in [0.1, 0.15) is 53.5 Å². The van der Waals surface area contributed by atoms with Gasteiger partial charge < -0.3 is 19.1 Å². The van der Waals surface area contributed by atoms with Crippen LogP contribution in [0.5, 0.6) is 5.75 Å². The van der Waals surface area contributed by atoms with Gasteiger partial charge in [0.05, 0.1) is 7.11 Å². The van der Waals surface area contributed by atoms with Crippen molar-refractivity contribution < 1.29 is 23.8 Å². The van der Waals surface area contributed by atoms with Crippen LogP contribution in [0.3, 0.4) is 0 Å². The van der Waals surface area contributed by atoms with E-state index in [2.05, 4.69) is 11.5 Å². The van der Waals surface area contributed by atoms with Gasteiger partial charge in [0, 0.05) is 11.4 Å². The van der Waals surface area contributed by atoms with Gasteiger partial charge in [-0.3, -0.25) is 0 Å².